The summed E-state index contributed by atoms with van der Waals surface area (Å²) < 4.78 is 0. The number of nitrogens with zero attached hydrogens (tertiary/aromatic N) is 1. The van der Waals surface area contributed by atoms with Crippen molar-refractivity contribution in [3.05, 3.63) is 34.9 Å². The summed E-state index contributed by atoms with van der Waals surface area (Å²) in [4.78, 5) is 50.2. The molecule has 8 nitrogen and oxygen atoms in total. The molecule has 0 bridgehead atoms. The van der Waals surface area contributed by atoms with E-state index in [0.717, 1.165) is 23.6 Å². The maximum Gasteiger partial charge on any atom is 0.262 e. The molecule has 1 saturated carbocycles. The second-order valence-electron chi connectivity index (χ2n) is 8.88. The predicted octanol–water partition coefficient (Wildman–Crippen LogP) is 0.710. The lowest BCUT2D eigenvalue weighted by Crippen LogP contribution is -2.54. The molecule has 8 heteroatoms. The summed E-state index contributed by atoms with van der Waals surface area (Å²) in [6, 6.07) is 4.35. The summed E-state index contributed by atoms with van der Waals surface area (Å²) in [5.74, 6) is -1.25. The Balaban J connectivity index is 1.25. The van der Waals surface area contributed by atoms with Crippen LogP contribution in [0.1, 0.15) is 64.8 Å². The number of hydrogen-bond donors (Lipinski definition) is 3. The summed E-state index contributed by atoms with van der Waals surface area (Å²) in [5.41, 5.74) is 1.92. The summed E-state index contributed by atoms with van der Waals surface area (Å²) in [6.07, 6.45) is 5.29. The van der Waals surface area contributed by atoms with Gasteiger partial charge in [-0.15, -0.1) is 0 Å². The minimum Gasteiger partial charge on any atom is -0.312 e. The second kappa shape index (κ2) is 7.28. The molecule has 2 saturated heterocycles. The van der Waals surface area contributed by atoms with Gasteiger partial charge in [0.1, 0.15) is 6.04 Å². The Morgan fingerprint density at radius 1 is 1.07 bits per heavy atom. The predicted molar refractivity (Wildman–Crippen MR) is 108 cm³/mol. The highest BCUT2D eigenvalue weighted by atomic mass is 16.2. The fraction of sp³-hybridized carbons (Fsp3) is 0.545. The first-order valence-corrected chi connectivity index (χ1v) is 10.8. The van der Waals surface area contributed by atoms with Crippen molar-refractivity contribution >= 4 is 23.6 Å². The van der Waals surface area contributed by atoms with Crippen LogP contribution in [0.15, 0.2) is 18.2 Å². The first-order valence-electron chi connectivity index (χ1n) is 10.8. The number of carbonyl (C=O) groups excluding carboxylic acids is 4. The van der Waals surface area contributed by atoms with Gasteiger partial charge in [0.05, 0.1) is 11.1 Å². The zero-order valence-electron chi connectivity index (χ0n) is 16.8. The third kappa shape index (κ3) is 3.06. The molecule has 2 atom stereocenters. The van der Waals surface area contributed by atoms with Crippen molar-refractivity contribution in [2.45, 2.75) is 56.7 Å². The van der Waals surface area contributed by atoms with E-state index in [9.17, 15) is 19.2 Å². The van der Waals surface area contributed by atoms with Gasteiger partial charge in [0.2, 0.25) is 11.8 Å². The molecule has 3 aliphatic heterocycles. The third-order valence-electron chi connectivity index (χ3n) is 7.22. The average molecular weight is 410 g/mol. The molecule has 5 rings (SSSR count). The van der Waals surface area contributed by atoms with Crippen LogP contribution in [0.4, 0.5) is 0 Å². The minimum absolute atomic E-state index is 0.122. The molecule has 3 fully saturated rings. The molecule has 2 unspecified atom stereocenters. The first-order chi connectivity index (χ1) is 14.5. The largest absolute Gasteiger partial charge is 0.312 e. The number of benzene rings is 1. The summed E-state index contributed by atoms with van der Waals surface area (Å²) in [6.45, 7) is 2.64. The van der Waals surface area contributed by atoms with E-state index in [1.54, 1.807) is 12.1 Å². The number of carbonyl (C=O) groups is 4. The highest BCUT2D eigenvalue weighted by Gasteiger charge is 2.47. The van der Waals surface area contributed by atoms with Crippen LogP contribution < -0.4 is 16.0 Å². The third-order valence-corrected chi connectivity index (χ3v) is 7.22. The average Bonchev–Trinajstić information content (AvgIpc) is 3.23. The zero-order chi connectivity index (χ0) is 20.9. The van der Waals surface area contributed by atoms with Crippen LogP contribution in [-0.2, 0) is 16.1 Å². The summed E-state index contributed by atoms with van der Waals surface area (Å²) in [5, 5.41) is 9.41. The van der Waals surface area contributed by atoms with E-state index in [0.29, 0.717) is 29.1 Å². The van der Waals surface area contributed by atoms with Crippen molar-refractivity contribution in [2.24, 2.45) is 5.92 Å². The summed E-state index contributed by atoms with van der Waals surface area (Å²) in [7, 11) is 0. The highest BCUT2D eigenvalue weighted by molar-refractivity contribution is 6.23. The van der Waals surface area contributed by atoms with Gasteiger partial charge >= 0.3 is 0 Å². The maximum atomic E-state index is 12.9. The van der Waals surface area contributed by atoms with Crippen molar-refractivity contribution in [3.8, 4) is 0 Å². The molecule has 3 N–H and O–H groups in total. The molecule has 1 spiro atoms. The number of piperidine rings is 1. The van der Waals surface area contributed by atoms with Gasteiger partial charge in [-0.25, -0.2) is 0 Å². The van der Waals surface area contributed by atoms with Crippen molar-refractivity contribution in [1.82, 2.24) is 20.9 Å². The Kier molecular flexibility index (Phi) is 4.71. The quantitative estimate of drug-likeness (QED) is 0.617. The van der Waals surface area contributed by atoms with Crippen molar-refractivity contribution in [1.29, 1.82) is 0 Å². The van der Waals surface area contributed by atoms with E-state index in [-0.39, 0.29) is 18.7 Å². The zero-order valence-corrected chi connectivity index (χ0v) is 16.8. The van der Waals surface area contributed by atoms with E-state index >= 15 is 0 Å². The molecular weight excluding hydrogens is 384 g/mol. The molecule has 4 aliphatic rings. The molecule has 0 aromatic heterocycles. The van der Waals surface area contributed by atoms with E-state index in [1.807, 2.05) is 6.07 Å². The molecule has 4 amide bonds. The van der Waals surface area contributed by atoms with Crippen molar-refractivity contribution in [2.75, 3.05) is 13.1 Å². The molecule has 1 aliphatic carbocycles. The van der Waals surface area contributed by atoms with Crippen LogP contribution in [0, 0.1) is 5.92 Å². The summed E-state index contributed by atoms with van der Waals surface area (Å²) >= 11 is 0. The Labute approximate surface area is 174 Å². The Morgan fingerprint density at radius 3 is 2.60 bits per heavy atom. The standard InChI is InChI=1S/C22H26N4O4/c27-18-5-4-17(19(28)25-18)26-20(29)15-3-2-13(10-16(15)21(26)30)11-23-12-14-6-9-24-22(14)7-1-8-22/h2-3,10,14,17,23-24H,1,4-9,11-12H2,(H,25,27,28). The molecule has 1 aromatic rings. The van der Waals surface area contributed by atoms with Gasteiger partial charge in [-0.3, -0.25) is 29.4 Å². The topological polar surface area (TPSA) is 108 Å². The maximum absolute atomic E-state index is 12.9. The SMILES string of the molecule is O=C1CCC(N2C(=O)c3ccc(CNCC4CCNC45CCC5)cc3C2=O)C(=O)N1. The lowest BCUT2D eigenvalue weighted by atomic mass is 9.69. The highest BCUT2D eigenvalue weighted by Crippen LogP contribution is 2.42. The van der Waals surface area contributed by atoms with Crippen LogP contribution in [0.25, 0.3) is 0 Å². The fourth-order valence-corrected chi connectivity index (χ4v) is 5.37. The van der Waals surface area contributed by atoms with E-state index in [2.05, 4.69) is 16.0 Å². The fourth-order valence-electron chi connectivity index (χ4n) is 5.37. The number of hydrogen-bond acceptors (Lipinski definition) is 6. The molecule has 30 heavy (non-hydrogen) atoms. The number of nitrogens with one attached hydrogen (secondary N) is 3. The Bertz CT molecular complexity index is 939. The molecule has 158 valence electrons. The van der Waals surface area contributed by atoms with Gasteiger partial charge in [0.15, 0.2) is 0 Å². The Hall–Kier alpha value is -2.58. The van der Waals surface area contributed by atoms with Gasteiger partial charge in [-0.05, 0) is 62.3 Å². The van der Waals surface area contributed by atoms with Crippen LogP contribution in [-0.4, -0.2) is 53.2 Å². The lowest BCUT2D eigenvalue weighted by Gasteiger charge is -2.44. The van der Waals surface area contributed by atoms with Crippen molar-refractivity contribution < 1.29 is 19.2 Å². The molecule has 1 aromatic carbocycles. The lowest BCUT2D eigenvalue weighted by molar-refractivity contribution is -0.136. The number of rotatable bonds is 5. The van der Waals surface area contributed by atoms with E-state index in [4.69, 9.17) is 0 Å². The number of fused-ring (bicyclic) bond motifs is 1. The van der Waals surface area contributed by atoms with Crippen LogP contribution >= 0.6 is 0 Å². The smallest absolute Gasteiger partial charge is 0.262 e. The molecular formula is C22H26N4O4. The van der Waals surface area contributed by atoms with E-state index in [1.165, 1.54) is 25.7 Å². The number of amides is 4. The monoisotopic (exact) mass is 410 g/mol. The molecule has 3 heterocycles. The van der Waals surface area contributed by atoms with Crippen LogP contribution in [0.5, 0.6) is 0 Å². The molecule has 0 radical (unpaired) electrons. The van der Waals surface area contributed by atoms with E-state index < -0.39 is 23.8 Å². The van der Waals surface area contributed by atoms with Crippen molar-refractivity contribution in [3.63, 3.8) is 0 Å². The van der Waals surface area contributed by atoms with Crippen LogP contribution in [0.2, 0.25) is 0 Å². The normalized spacial score (nSPS) is 27.4. The van der Waals surface area contributed by atoms with Gasteiger partial charge < -0.3 is 10.6 Å². The van der Waals surface area contributed by atoms with Gasteiger partial charge in [0.25, 0.3) is 11.8 Å². The second-order valence-corrected chi connectivity index (χ2v) is 8.88. The van der Waals surface area contributed by atoms with Gasteiger partial charge in [0, 0.05) is 25.0 Å². The minimum atomic E-state index is -0.926. The van der Waals surface area contributed by atoms with Gasteiger partial charge in [-0.1, -0.05) is 6.07 Å². The van der Waals surface area contributed by atoms with Gasteiger partial charge in [-0.2, -0.15) is 0 Å². The Morgan fingerprint density at radius 2 is 1.87 bits per heavy atom. The first kappa shape index (κ1) is 19.4. The number of imide groups is 2. The van der Waals surface area contributed by atoms with Crippen LogP contribution in [0.3, 0.4) is 0 Å².